The van der Waals surface area contributed by atoms with Crippen LogP contribution in [0.1, 0.15) is 28.8 Å². The SMILES string of the molecule is O=C(/C=C/c1cc2c(cc1Br)OCO2)c1ccc(S(=O)(=O)N2CCCC2)cc1. The Morgan fingerprint density at radius 2 is 1.68 bits per heavy atom. The van der Waals surface area contributed by atoms with Crippen molar-refractivity contribution < 1.29 is 22.7 Å². The maximum Gasteiger partial charge on any atom is 0.243 e. The van der Waals surface area contributed by atoms with E-state index in [2.05, 4.69) is 15.9 Å². The van der Waals surface area contributed by atoms with Gasteiger partial charge in [-0.3, -0.25) is 4.79 Å². The highest BCUT2D eigenvalue weighted by atomic mass is 79.9. The van der Waals surface area contributed by atoms with Crippen LogP contribution < -0.4 is 9.47 Å². The number of carbonyl (C=O) groups is 1. The molecule has 2 heterocycles. The van der Waals surface area contributed by atoms with E-state index in [1.54, 1.807) is 30.3 Å². The third-order valence-electron chi connectivity index (χ3n) is 4.75. The van der Waals surface area contributed by atoms with Crippen LogP contribution in [-0.2, 0) is 10.0 Å². The molecule has 28 heavy (non-hydrogen) atoms. The van der Waals surface area contributed by atoms with Crippen molar-refractivity contribution in [2.24, 2.45) is 0 Å². The predicted molar refractivity (Wildman–Crippen MR) is 108 cm³/mol. The smallest absolute Gasteiger partial charge is 0.243 e. The molecule has 0 unspecified atom stereocenters. The largest absolute Gasteiger partial charge is 0.454 e. The van der Waals surface area contributed by atoms with Crippen molar-refractivity contribution in [2.45, 2.75) is 17.7 Å². The summed E-state index contributed by atoms with van der Waals surface area (Å²) >= 11 is 3.45. The minimum Gasteiger partial charge on any atom is -0.454 e. The standard InChI is InChI=1S/C20H18BrNO5S/c21-17-12-20-19(26-13-27-20)11-15(17)5-8-18(23)14-3-6-16(7-4-14)28(24,25)22-9-1-2-10-22/h3-8,11-12H,1-2,9-10,13H2/b8-5+. The third kappa shape index (κ3) is 3.72. The molecule has 0 spiro atoms. The molecule has 2 aliphatic rings. The summed E-state index contributed by atoms with van der Waals surface area (Å²) in [7, 11) is -3.48. The molecule has 2 aromatic rings. The van der Waals surface area contributed by atoms with Gasteiger partial charge in [0.25, 0.3) is 0 Å². The van der Waals surface area contributed by atoms with E-state index in [-0.39, 0.29) is 17.5 Å². The van der Waals surface area contributed by atoms with Crippen LogP contribution in [0.5, 0.6) is 11.5 Å². The maximum absolute atomic E-state index is 12.6. The summed E-state index contributed by atoms with van der Waals surface area (Å²) in [6.45, 7) is 1.28. The van der Waals surface area contributed by atoms with E-state index in [0.717, 1.165) is 22.9 Å². The van der Waals surface area contributed by atoms with Gasteiger partial charge in [0.1, 0.15) is 0 Å². The van der Waals surface area contributed by atoms with Gasteiger partial charge in [-0.2, -0.15) is 4.31 Å². The fourth-order valence-corrected chi connectivity index (χ4v) is 5.16. The Kier molecular flexibility index (Phi) is 5.27. The lowest BCUT2D eigenvalue weighted by Gasteiger charge is -2.15. The van der Waals surface area contributed by atoms with Gasteiger partial charge < -0.3 is 9.47 Å². The Labute approximate surface area is 171 Å². The zero-order chi connectivity index (χ0) is 19.7. The van der Waals surface area contributed by atoms with E-state index in [9.17, 15) is 13.2 Å². The Morgan fingerprint density at radius 3 is 2.36 bits per heavy atom. The zero-order valence-corrected chi connectivity index (χ0v) is 17.3. The highest BCUT2D eigenvalue weighted by Crippen LogP contribution is 2.37. The number of carbonyl (C=O) groups excluding carboxylic acids is 1. The van der Waals surface area contributed by atoms with E-state index in [0.29, 0.717) is 30.2 Å². The van der Waals surface area contributed by atoms with Gasteiger partial charge in [-0.15, -0.1) is 0 Å². The number of sulfonamides is 1. The number of benzene rings is 2. The molecule has 8 heteroatoms. The average molecular weight is 464 g/mol. The highest BCUT2D eigenvalue weighted by molar-refractivity contribution is 9.10. The molecule has 1 saturated heterocycles. The van der Waals surface area contributed by atoms with Crippen LogP contribution in [-0.4, -0.2) is 38.4 Å². The molecule has 2 aliphatic heterocycles. The minimum atomic E-state index is -3.48. The number of ketones is 1. The van der Waals surface area contributed by atoms with Crippen molar-refractivity contribution in [3.8, 4) is 11.5 Å². The van der Waals surface area contributed by atoms with Crippen LogP contribution in [0.4, 0.5) is 0 Å². The number of hydrogen-bond donors (Lipinski definition) is 0. The van der Waals surface area contributed by atoms with Crippen molar-refractivity contribution in [1.82, 2.24) is 4.31 Å². The summed E-state index contributed by atoms with van der Waals surface area (Å²) in [5.74, 6) is 1.08. The number of halogens is 1. The second-order valence-electron chi connectivity index (χ2n) is 6.56. The second kappa shape index (κ2) is 7.69. The van der Waals surface area contributed by atoms with Gasteiger partial charge in [-0.1, -0.05) is 15.9 Å². The van der Waals surface area contributed by atoms with Gasteiger partial charge in [0.15, 0.2) is 17.3 Å². The van der Waals surface area contributed by atoms with Crippen molar-refractivity contribution >= 4 is 37.8 Å². The van der Waals surface area contributed by atoms with Crippen LogP contribution >= 0.6 is 15.9 Å². The van der Waals surface area contributed by atoms with E-state index < -0.39 is 10.0 Å². The van der Waals surface area contributed by atoms with Crippen LogP contribution in [0.2, 0.25) is 0 Å². The first-order valence-corrected chi connectivity index (χ1v) is 11.1. The number of fused-ring (bicyclic) bond motifs is 1. The van der Waals surface area contributed by atoms with Gasteiger partial charge in [0, 0.05) is 23.1 Å². The quantitative estimate of drug-likeness (QED) is 0.497. The summed E-state index contributed by atoms with van der Waals surface area (Å²) in [4.78, 5) is 12.7. The van der Waals surface area contributed by atoms with Gasteiger partial charge >= 0.3 is 0 Å². The monoisotopic (exact) mass is 463 g/mol. The molecule has 146 valence electrons. The predicted octanol–water partition coefficient (Wildman–Crippen LogP) is 3.86. The first-order valence-electron chi connectivity index (χ1n) is 8.87. The molecular weight excluding hydrogens is 446 g/mol. The van der Waals surface area contributed by atoms with E-state index in [4.69, 9.17) is 9.47 Å². The maximum atomic E-state index is 12.6. The van der Waals surface area contributed by atoms with Crippen molar-refractivity contribution in [2.75, 3.05) is 19.9 Å². The minimum absolute atomic E-state index is 0.181. The summed E-state index contributed by atoms with van der Waals surface area (Å²) in [6.07, 6.45) is 4.90. The fraction of sp³-hybridized carbons (Fsp3) is 0.250. The highest BCUT2D eigenvalue weighted by Gasteiger charge is 2.27. The molecule has 0 amide bonds. The van der Waals surface area contributed by atoms with Crippen molar-refractivity contribution in [3.05, 3.63) is 58.1 Å². The first-order chi connectivity index (χ1) is 13.4. The number of allylic oxidation sites excluding steroid dienone is 1. The van der Waals surface area contributed by atoms with Crippen LogP contribution in [0.3, 0.4) is 0 Å². The summed E-state index contributed by atoms with van der Waals surface area (Å²) in [6, 6.07) is 9.66. The molecule has 0 saturated carbocycles. The van der Waals surface area contributed by atoms with Gasteiger partial charge in [0.05, 0.1) is 4.90 Å². The molecular formula is C20H18BrNO5S. The van der Waals surface area contributed by atoms with Gasteiger partial charge in [0.2, 0.25) is 16.8 Å². The molecule has 0 N–H and O–H groups in total. The third-order valence-corrected chi connectivity index (χ3v) is 7.35. The molecule has 0 aromatic heterocycles. The van der Waals surface area contributed by atoms with E-state index in [1.165, 1.54) is 22.5 Å². The van der Waals surface area contributed by atoms with Crippen LogP contribution in [0.25, 0.3) is 6.08 Å². The zero-order valence-electron chi connectivity index (χ0n) is 14.9. The van der Waals surface area contributed by atoms with Crippen LogP contribution in [0.15, 0.2) is 51.8 Å². The lowest BCUT2D eigenvalue weighted by atomic mass is 10.1. The molecule has 0 aliphatic carbocycles. The second-order valence-corrected chi connectivity index (χ2v) is 9.35. The Bertz CT molecular complexity index is 1040. The number of hydrogen-bond acceptors (Lipinski definition) is 5. The van der Waals surface area contributed by atoms with E-state index in [1.807, 2.05) is 0 Å². The molecule has 0 bridgehead atoms. The number of rotatable bonds is 5. The molecule has 4 rings (SSSR count). The summed E-state index contributed by atoms with van der Waals surface area (Å²) in [5, 5.41) is 0. The molecule has 0 radical (unpaired) electrons. The Balaban J connectivity index is 1.50. The summed E-state index contributed by atoms with van der Waals surface area (Å²) < 4.78 is 38.0. The van der Waals surface area contributed by atoms with Crippen LogP contribution in [0, 0.1) is 0 Å². The topological polar surface area (TPSA) is 72.9 Å². The van der Waals surface area contributed by atoms with Crippen molar-refractivity contribution in [3.63, 3.8) is 0 Å². The fourth-order valence-electron chi connectivity index (χ4n) is 3.19. The lowest BCUT2D eigenvalue weighted by Crippen LogP contribution is -2.27. The molecule has 1 fully saturated rings. The normalized spacial score (nSPS) is 16.8. The first kappa shape index (κ1) is 19.2. The number of nitrogens with zero attached hydrogens (tertiary/aromatic N) is 1. The molecule has 0 atom stereocenters. The lowest BCUT2D eigenvalue weighted by molar-refractivity contribution is 0.104. The average Bonchev–Trinajstić information content (AvgIpc) is 3.38. The van der Waals surface area contributed by atoms with E-state index >= 15 is 0 Å². The van der Waals surface area contributed by atoms with Crippen molar-refractivity contribution in [1.29, 1.82) is 0 Å². The Hall–Kier alpha value is -2.16. The number of ether oxygens (including phenoxy) is 2. The van der Waals surface area contributed by atoms with Gasteiger partial charge in [-0.25, -0.2) is 8.42 Å². The molecule has 2 aromatic carbocycles. The van der Waals surface area contributed by atoms with Gasteiger partial charge in [-0.05, 0) is 67.0 Å². The molecule has 6 nitrogen and oxygen atoms in total. The summed E-state index contributed by atoms with van der Waals surface area (Å²) in [5.41, 5.74) is 1.21. The Morgan fingerprint density at radius 1 is 1.04 bits per heavy atom.